The van der Waals surface area contributed by atoms with Gasteiger partial charge in [0.05, 0.1) is 0 Å². The highest BCUT2D eigenvalue weighted by Gasteiger charge is 2.26. The van der Waals surface area contributed by atoms with Gasteiger partial charge in [0.25, 0.3) is 5.91 Å². The molecule has 1 heterocycles. The van der Waals surface area contributed by atoms with Crippen LogP contribution in [0.4, 0.5) is 0 Å². The molecule has 0 aliphatic carbocycles. The van der Waals surface area contributed by atoms with Crippen molar-refractivity contribution in [2.45, 2.75) is 25.9 Å². The van der Waals surface area contributed by atoms with Gasteiger partial charge in [-0.25, -0.2) is 0 Å². The third-order valence-electron chi connectivity index (χ3n) is 3.24. The summed E-state index contributed by atoms with van der Waals surface area (Å²) in [5.41, 5.74) is 0. The molecule has 0 fully saturated rings. The van der Waals surface area contributed by atoms with E-state index >= 15 is 0 Å². The molecule has 0 saturated carbocycles. The van der Waals surface area contributed by atoms with Crippen LogP contribution in [0.25, 0.3) is 0 Å². The number of alkyl halides is 1. The zero-order valence-electron chi connectivity index (χ0n) is 11.6. The van der Waals surface area contributed by atoms with E-state index in [-0.39, 0.29) is 12.5 Å². The highest BCUT2D eigenvalue weighted by molar-refractivity contribution is 6.18. The topological polar surface area (TPSA) is 47.6 Å². The zero-order chi connectivity index (χ0) is 14.4. The highest BCUT2D eigenvalue weighted by atomic mass is 35.5. The van der Waals surface area contributed by atoms with Crippen LogP contribution in [-0.4, -0.2) is 31.0 Å². The maximum absolute atomic E-state index is 12.0. The van der Waals surface area contributed by atoms with E-state index in [9.17, 15) is 4.79 Å². The number of rotatable bonds is 6. The summed E-state index contributed by atoms with van der Waals surface area (Å²) in [6.07, 6.45) is 1.36. The number of amides is 1. The first-order chi connectivity index (χ1) is 9.70. The number of carbonyl (C=O) groups is 1. The van der Waals surface area contributed by atoms with Crippen molar-refractivity contribution in [2.75, 3.05) is 19.0 Å². The van der Waals surface area contributed by atoms with Gasteiger partial charge in [-0.3, -0.25) is 4.79 Å². The number of ether oxygens (including phenoxy) is 2. The van der Waals surface area contributed by atoms with Crippen LogP contribution in [0.1, 0.15) is 19.8 Å². The van der Waals surface area contributed by atoms with E-state index in [4.69, 9.17) is 21.1 Å². The smallest absolute Gasteiger partial charge is 0.264 e. The number of para-hydroxylation sites is 2. The van der Waals surface area contributed by atoms with E-state index in [0.29, 0.717) is 29.8 Å². The molecule has 1 aliphatic heterocycles. The van der Waals surface area contributed by atoms with E-state index in [2.05, 4.69) is 12.2 Å². The molecule has 0 radical (unpaired) electrons. The van der Waals surface area contributed by atoms with Crippen LogP contribution < -0.4 is 14.8 Å². The van der Waals surface area contributed by atoms with Crippen LogP contribution >= 0.6 is 11.6 Å². The van der Waals surface area contributed by atoms with Crippen molar-refractivity contribution in [3.05, 3.63) is 24.3 Å². The van der Waals surface area contributed by atoms with Crippen molar-refractivity contribution in [3.8, 4) is 11.5 Å². The molecule has 2 unspecified atom stereocenters. The predicted molar refractivity (Wildman–Crippen MR) is 78.5 cm³/mol. The second-order valence-corrected chi connectivity index (χ2v) is 5.37. The Labute approximate surface area is 124 Å². The lowest BCUT2D eigenvalue weighted by Crippen LogP contribution is -2.44. The maximum Gasteiger partial charge on any atom is 0.264 e. The summed E-state index contributed by atoms with van der Waals surface area (Å²) >= 11 is 5.74. The fraction of sp³-hybridized carbons (Fsp3) is 0.533. The van der Waals surface area contributed by atoms with Gasteiger partial charge in [0.1, 0.15) is 6.61 Å². The summed E-state index contributed by atoms with van der Waals surface area (Å²) in [6.45, 7) is 2.99. The highest BCUT2D eigenvalue weighted by Crippen LogP contribution is 2.30. The lowest BCUT2D eigenvalue weighted by Gasteiger charge is -2.25. The van der Waals surface area contributed by atoms with Gasteiger partial charge >= 0.3 is 0 Å². The molecule has 1 N–H and O–H groups in total. The van der Waals surface area contributed by atoms with E-state index in [0.717, 1.165) is 12.8 Å². The summed E-state index contributed by atoms with van der Waals surface area (Å²) in [4.78, 5) is 12.0. The lowest BCUT2D eigenvalue weighted by atomic mass is 10.1. The van der Waals surface area contributed by atoms with Gasteiger partial charge < -0.3 is 14.8 Å². The molecule has 4 nitrogen and oxygen atoms in total. The van der Waals surface area contributed by atoms with Crippen LogP contribution in [0.2, 0.25) is 0 Å². The number of hydrogen-bond acceptors (Lipinski definition) is 3. The Kier molecular flexibility index (Phi) is 5.53. The van der Waals surface area contributed by atoms with Crippen molar-refractivity contribution in [1.82, 2.24) is 5.32 Å². The number of nitrogens with one attached hydrogen (secondary N) is 1. The van der Waals surface area contributed by atoms with Crippen molar-refractivity contribution < 1.29 is 14.3 Å². The molecule has 1 aromatic rings. The lowest BCUT2D eigenvalue weighted by molar-refractivity contribution is -0.130. The fourth-order valence-electron chi connectivity index (χ4n) is 2.00. The number of carbonyl (C=O) groups excluding carboxylic acids is 1. The van der Waals surface area contributed by atoms with Gasteiger partial charge in [-0.05, 0) is 30.9 Å². The summed E-state index contributed by atoms with van der Waals surface area (Å²) < 4.78 is 11.2. The van der Waals surface area contributed by atoms with E-state index in [1.54, 1.807) is 6.07 Å². The number of fused-ring (bicyclic) bond motifs is 1. The van der Waals surface area contributed by atoms with Crippen molar-refractivity contribution in [2.24, 2.45) is 5.92 Å². The second kappa shape index (κ2) is 7.39. The van der Waals surface area contributed by atoms with Crippen molar-refractivity contribution in [3.63, 3.8) is 0 Å². The van der Waals surface area contributed by atoms with Gasteiger partial charge in [0.15, 0.2) is 11.5 Å². The second-order valence-electron chi connectivity index (χ2n) is 5.06. The first-order valence-corrected chi connectivity index (χ1v) is 7.46. The molecule has 20 heavy (non-hydrogen) atoms. The van der Waals surface area contributed by atoms with Crippen molar-refractivity contribution in [1.29, 1.82) is 0 Å². The zero-order valence-corrected chi connectivity index (χ0v) is 12.4. The minimum atomic E-state index is -0.574. The molecule has 1 aromatic carbocycles. The van der Waals surface area contributed by atoms with Gasteiger partial charge in [0.2, 0.25) is 6.10 Å². The normalized spacial score (nSPS) is 18.4. The van der Waals surface area contributed by atoms with E-state index in [1.807, 2.05) is 18.2 Å². The van der Waals surface area contributed by atoms with Gasteiger partial charge in [0, 0.05) is 12.4 Å². The quantitative estimate of drug-likeness (QED) is 0.648. The van der Waals surface area contributed by atoms with Crippen LogP contribution in [0.5, 0.6) is 11.5 Å². The minimum Gasteiger partial charge on any atom is -0.485 e. The largest absolute Gasteiger partial charge is 0.485 e. The summed E-state index contributed by atoms with van der Waals surface area (Å²) in [5, 5.41) is 2.88. The van der Waals surface area contributed by atoms with Crippen LogP contribution in [-0.2, 0) is 4.79 Å². The minimum absolute atomic E-state index is 0.127. The monoisotopic (exact) mass is 297 g/mol. The maximum atomic E-state index is 12.0. The molecule has 0 saturated heterocycles. The van der Waals surface area contributed by atoms with E-state index in [1.165, 1.54) is 0 Å². The first kappa shape index (κ1) is 15.0. The number of hydrogen-bond donors (Lipinski definition) is 1. The van der Waals surface area contributed by atoms with Crippen LogP contribution in [0.15, 0.2) is 24.3 Å². The van der Waals surface area contributed by atoms with Crippen LogP contribution in [0, 0.1) is 5.92 Å². The third-order valence-corrected chi connectivity index (χ3v) is 3.76. The molecule has 5 heteroatoms. The molecule has 2 rings (SSSR count). The molecule has 0 aromatic heterocycles. The molecule has 2 atom stereocenters. The standard InChI is InChI=1S/C15H20ClNO3/c1-11(9-16)5-4-8-17-15(18)14-10-19-12-6-2-3-7-13(12)20-14/h2-3,6-7,11,14H,4-5,8-10H2,1H3,(H,17,18). The summed E-state index contributed by atoms with van der Waals surface area (Å²) in [5.74, 6) is 2.32. The average Bonchev–Trinajstić information content (AvgIpc) is 2.50. The predicted octanol–water partition coefficient (Wildman–Crippen LogP) is 2.60. The number of benzene rings is 1. The Morgan fingerprint density at radius 1 is 1.45 bits per heavy atom. The Balaban J connectivity index is 1.74. The van der Waals surface area contributed by atoms with E-state index < -0.39 is 6.10 Å². The summed E-state index contributed by atoms with van der Waals surface area (Å²) in [6, 6.07) is 7.37. The Bertz CT molecular complexity index is 452. The SMILES string of the molecule is CC(CCl)CCCNC(=O)C1COc2ccccc2O1. The first-order valence-electron chi connectivity index (χ1n) is 6.93. The molecule has 1 aliphatic rings. The van der Waals surface area contributed by atoms with Crippen molar-refractivity contribution >= 4 is 17.5 Å². The van der Waals surface area contributed by atoms with Gasteiger partial charge in [-0.15, -0.1) is 11.6 Å². The summed E-state index contributed by atoms with van der Waals surface area (Å²) in [7, 11) is 0. The van der Waals surface area contributed by atoms with Gasteiger partial charge in [-0.2, -0.15) is 0 Å². The number of halogens is 1. The molecule has 0 bridgehead atoms. The molecular formula is C15H20ClNO3. The van der Waals surface area contributed by atoms with Crippen LogP contribution in [0.3, 0.4) is 0 Å². The molecule has 110 valence electrons. The fourth-order valence-corrected chi connectivity index (χ4v) is 2.16. The Hall–Kier alpha value is -1.42. The average molecular weight is 298 g/mol. The molecule has 0 spiro atoms. The van der Waals surface area contributed by atoms with Gasteiger partial charge in [-0.1, -0.05) is 19.1 Å². The molecular weight excluding hydrogens is 278 g/mol. The molecule has 1 amide bonds. The third kappa shape index (κ3) is 4.04. The Morgan fingerprint density at radius 3 is 2.95 bits per heavy atom. The Morgan fingerprint density at radius 2 is 2.20 bits per heavy atom.